The summed E-state index contributed by atoms with van der Waals surface area (Å²) in [7, 11) is 2.08. The first-order valence-corrected chi connectivity index (χ1v) is 5.58. The number of hydrogen-bond donors (Lipinski definition) is 2. The van der Waals surface area contributed by atoms with Gasteiger partial charge in [0.2, 0.25) is 0 Å². The SMILES string of the molecule is CNC(C1CCC1)C(CN)C(C)C. The second-order valence-electron chi connectivity index (χ2n) is 4.65. The van der Waals surface area contributed by atoms with Crippen molar-refractivity contribution in [3.05, 3.63) is 0 Å². The molecule has 13 heavy (non-hydrogen) atoms. The Balaban J connectivity index is 2.50. The smallest absolute Gasteiger partial charge is 0.0135 e. The molecule has 1 aliphatic carbocycles. The second kappa shape index (κ2) is 4.97. The van der Waals surface area contributed by atoms with Crippen molar-refractivity contribution in [2.75, 3.05) is 13.6 Å². The molecule has 1 aliphatic rings. The molecule has 2 heteroatoms. The number of rotatable bonds is 5. The Hall–Kier alpha value is -0.0800. The molecule has 1 rings (SSSR count). The van der Waals surface area contributed by atoms with Crippen LogP contribution in [0, 0.1) is 17.8 Å². The third kappa shape index (κ3) is 2.44. The van der Waals surface area contributed by atoms with Crippen LogP contribution in [0.5, 0.6) is 0 Å². The van der Waals surface area contributed by atoms with Crippen LogP contribution in [0.1, 0.15) is 33.1 Å². The Morgan fingerprint density at radius 1 is 1.38 bits per heavy atom. The number of nitrogens with one attached hydrogen (secondary N) is 1. The molecule has 2 atom stereocenters. The van der Waals surface area contributed by atoms with Gasteiger partial charge < -0.3 is 11.1 Å². The van der Waals surface area contributed by atoms with Crippen LogP contribution in [-0.4, -0.2) is 19.6 Å². The Labute approximate surface area is 82.3 Å². The van der Waals surface area contributed by atoms with Gasteiger partial charge in [-0.25, -0.2) is 0 Å². The van der Waals surface area contributed by atoms with Crippen LogP contribution in [-0.2, 0) is 0 Å². The van der Waals surface area contributed by atoms with Crippen molar-refractivity contribution in [3.63, 3.8) is 0 Å². The van der Waals surface area contributed by atoms with Gasteiger partial charge in [0.1, 0.15) is 0 Å². The van der Waals surface area contributed by atoms with Crippen molar-refractivity contribution in [2.24, 2.45) is 23.5 Å². The van der Waals surface area contributed by atoms with Gasteiger partial charge in [-0.2, -0.15) is 0 Å². The maximum absolute atomic E-state index is 5.83. The first-order valence-electron chi connectivity index (χ1n) is 5.58. The zero-order valence-electron chi connectivity index (χ0n) is 9.22. The molecule has 0 aromatic carbocycles. The lowest BCUT2D eigenvalue weighted by Gasteiger charge is -2.39. The van der Waals surface area contributed by atoms with Gasteiger partial charge in [0.15, 0.2) is 0 Å². The van der Waals surface area contributed by atoms with E-state index in [2.05, 4.69) is 26.2 Å². The summed E-state index contributed by atoms with van der Waals surface area (Å²) in [6.07, 6.45) is 4.21. The zero-order valence-corrected chi connectivity index (χ0v) is 9.22. The van der Waals surface area contributed by atoms with Crippen LogP contribution in [0.2, 0.25) is 0 Å². The molecule has 0 aromatic rings. The molecule has 0 aliphatic heterocycles. The van der Waals surface area contributed by atoms with Crippen molar-refractivity contribution >= 4 is 0 Å². The first-order chi connectivity index (χ1) is 6.20. The highest BCUT2D eigenvalue weighted by atomic mass is 14.9. The van der Waals surface area contributed by atoms with Crippen LogP contribution in [0.25, 0.3) is 0 Å². The molecule has 3 N–H and O–H groups in total. The van der Waals surface area contributed by atoms with Gasteiger partial charge in [0, 0.05) is 6.04 Å². The average Bonchev–Trinajstić information content (AvgIpc) is 1.99. The molecule has 0 aromatic heterocycles. The highest BCUT2D eigenvalue weighted by Gasteiger charge is 2.32. The monoisotopic (exact) mass is 184 g/mol. The molecule has 0 heterocycles. The van der Waals surface area contributed by atoms with E-state index >= 15 is 0 Å². The van der Waals surface area contributed by atoms with Gasteiger partial charge in [-0.3, -0.25) is 0 Å². The van der Waals surface area contributed by atoms with Crippen LogP contribution >= 0.6 is 0 Å². The minimum absolute atomic E-state index is 0.648. The maximum atomic E-state index is 5.83. The summed E-state index contributed by atoms with van der Waals surface area (Å²) >= 11 is 0. The fraction of sp³-hybridized carbons (Fsp3) is 1.00. The highest BCUT2D eigenvalue weighted by Crippen LogP contribution is 2.34. The van der Waals surface area contributed by atoms with Gasteiger partial charge in [0.05, 0.1) is 0 Å². The van der Waals surface area contributed by atoms with E-state index in [-0.39, 0.29) is 0 Å². The van der Waals surface area contributed by atoms with Gasteiger partial charge in [0.25, 0.3) is 0 Å². The van der Waals surface area contributed by atoms with Crippen LogP contribution < -0.4 is 11.1 Å². The summed E-state index contributed by atoms with van der Waals surface area (Å²) < 4.78 is 0. The first kappa shape index (κ1) is 11.0. The van der Waals surface area contributed by atoms with Crippen molar-refractivity contribution in [1.82, 2.24) is 5.32 Å². The summed E-state index contributed by atoms with van der Waals surface area (Å²) in [6, 6.07) is 0.652. The average molecular weight is 184 g/mol. The van der Waals surface area contributed by atoms with E-state index in [0.29, 0.717) is 17.9 Å². The predicted octanol–water partition coefficient (Wildman–Crippen LogP) is 1.61. The number of nitrogens with two attached hydrogens (primary N) is 1. The normalized spacial score (nSPS) is 22.8. The Morgan fingerprint density at radius 3 is 2.23 bits per heavy atom. The molecule has 2 nitrogen and oxygen atoms in total. The van der Waals surface area contributed by atoms with Crippen molar-refractivity contribution in [3.8, 4) is 0 Å². The lowest BCUT2D eigenvalue weighted by molar-refractivity contribution is 0.156. The van der Waals surface area contributed by atoms with Gasteiger partial charge in [-0.1, -0.05) is 20.3 Å². The molecule has 0 amide bonds. The third-order valence-corrected chi connectivity index (χ3v) is 3.58. The summed E-state index contributed by atoms with van der Waals surface area (Å²) in [5, 5.41) is 3.46. The Morgan fingerprint density at radius 2 is 2.00 bits per heavy atom. The largest absolute Gasteiger partial charge is 0.330 e. The van der Waals surface area contributed by atoms with E-state index in [0.717, 1.165) is 12.5 Å². The lowest BCUT2D eigenvalue weighted by Crippen LogP contribution is -2.47. The fourth-order valence-electron chi connectivity index (χ4n) is 2.43. The third-order valence-electron chi connectivity index (χ3n) is 3.58. The summed E-state index contributed by atoms with van der Waals surface area (Å²) in [6.45, 7) is 5.38. The molecule has 78 valence electrons. The van der Waals surface area contributed by atoms with E-state index in [9.17, 15) is 0 Å². The summed E-state index contributed by atoms with van der Waals surface area (Å²) in [4.78, 5) is 0. The minimum atomic E-state index is 0.648. The van der Waals surface area contributed by atoms with E-state index in [1.54, 1.807) is 0 Å². The Kier molecular flexibility index (Phi) is 4.20. The maximum Gasteiger partial charge on any atom is 0.0135 e. The quantitative estimate of drug-likeness (QED) is 0.681. The van der Waals surface area contributed by atoms with Crippen LogP contribution in [0.4, 0.5) is 0 Å². The highest BCUT2D eigenvalue weighted by molar-refractivity contribution is 4.88. The van der Waals surface area contributed by atoms with E-state index < -0.39 is 0 Å². The number of hydrogen-bond acceptors (Lipinski definition) is 2. The van der Waals surface area contributed by atoms with Gasteiger partial charge in [-0.15, -0.1) is 0 Å². The molecular weight excluding hydrogens is 160 g/mol. The van der Waals surface area contributed by atoms with Crippen molar-refractivity contribution in [1.29, 1.82) is 0 Å². The van der Waals surface area contributed by atoms with Crippen LogP contribution in [0.3, 0.4) is 0 Å². The topological polar surface area (TPSA) is 38.0 Å². The lowest BCUT2D eigenvalue weighted by atomic mass is 9.72. The second-order valence-corrected chi connectivity index (χ2v) is 4.65. The van der Waals surface area contributed by atoms with Gasteiger partial charge >= 0.3 is 0 Å². The van der Waals surface area contributed by atoms with Crippen molar-refractivity contribution < 1.29 is 0 Å². The van der Waals surface area contributed by atoms with E-state index in [1.165, 1.54) is 19.3 Å². The summed E-state index contributed by atoms with van der Waals surface area (Å²) in [5.74, 6) is 2.24. The molecule has 1 saturated carbocycles. The van der Waals surface area contributed by atoms with Crippen molar-refractivity contribution in [2.45, 2.75) is 39.2 Å². The molecule has 1 fully saturated rings. The van der Waals surface area contributed by atoms with E-state index in [1.807, 2.05) is 0 Å². The molecule has 0 bridgehead atoms. The van der Waals surface area contributed by atoms with E-state index in [4.69, 9.17) is 5.73 Å². The fourth-order valence-corrected chi connectivity index (χ4v) is 2.43. The predicted molar refractivity (Wildman–Crippen MR) is 57.6 cm³/mol. The van der Waals surface area contributed by atoms with Gasteiger partial charge in [-0.05, 0) is 44.2 Å². The molecule has 2 unspecified atom stereocenters. The minimum Gasteiger partial charge on any atom is -0.330 e. The Bertz CT molecular complexity index is 141. The summed E-state index contributed by atoms with van der Waals surface area (Å²) in [5.41, 5.74) is 5.83. The molecule has 0 saturated heterocycles. The standard InChI is InChI=1S/C11H24N2/c1-8(2)10(7-12)11(13-3)9-5-4-6-9/h8-11,13H,4-7,12H2,1-3H3. The zero-order chi connectivity index (χ0) is 9.84. The molecule has 0 radical (unpaired) electrons. The van der Waals surface area contributed by atoms with Crippen LogP contribution in [0.15, 0.2) is 0 Å². The molecular formula is C11H24N2. The molecule has 0 spiro atoms.